The van der Waals surface area contributed by atoms with Crippen molar-refractivity contribution in [3.05, 3.63) is 53.6 Å². The van der Waals surface area contributed by atoms with E-state index in [4.69, 9.17) is 15.9 Å². The Bertz CT molecular complexity index is 959. The Hall–Kier alpha value is -1.93. The van der Waals surface area contributed by atoms with Crippen LogP contribution in [0.3, 0.4) is 0 Å². The van der Waals surface area contributed by atoms with E-state index in [-0.39, 0.29) is 30.6 Å². The Morgan fingerprint density at radius 3 is 2.72 bits per heavy atom. The highest BCUT2D eigenvalue weighted by molar-refractivity contribution is 7.98. The van der Waals surface area contributed by atoms with Gasteiger partial charge in [-0.25, -0.2) is 4.98 Å². The summed E-state index contributed by atoms with van der Waals surface area (Å²) < 4.78 is 6.13. The number of amidine groups is 1. The molecule has 1 aliphatic rings. The van der Waals surface area contributed by atoms with Crippen molar-refractivity contribution in [3.63, 3.8) is 0 Å². The van der Waals surface area contributed by atoms with Crippen LogP contribution < -0.4 is 15.8 Å². The first-order valence-electron chi connectivity index (χ1n) is 9.11. The number of imidazole rings is 1. The summed E-state index contributed by atoms with van der Waals surface area (Å²) in [6, 6.07) is 13.9. The van der Waals surface area contributed by atoms with E-state index in [9.17, 15) is 0 Å². The van der Waals surface area contributed by atoms with E-state index in [1.807, 2.05) is 30.3 Å². The van der Waals surface area contributed by atoms with Gasteiger partial charge in [0.15, 0.2) is 5.16 Å². The third-order valence-electron chi connectivity index (χ3n) is 4.63. The fourth-order valence-electron chi connectivity index (χ4n) is 3.19. The number of aromatic nitrogens is 2. The molecule has 0 unspecified atom stereocenters. The SMILES string of the molecule is Cl.Cl.N=C(N)c1ccc2nc(SCc3cccc(OC4CCNCC4)c3)[nH]c2c1. The Morgan fingerprint density at radius 2 is 1.97 bits per heavy atom. The van der Waals surface area contributed by atoms with E-state index in [1.165, 1.54) is 5.56 Å². The van der Waals surface area contributed by atoms with Gasteiger partial charge in [-0.2, -0.15) is 0 Å². The molecule has 5 N–H and O–H groups in total. The van der Waals surface area contributed by atoms with E-state index in [1.54, 1.807) is 11.8 Å². The number of benzene rings is 2. The number of hydrogen-bond acceptors (Lipinski definition) is 5. The summed E-state index contributed by atoms with van der Waals surface area (Å²) in [6.07, 6.45) is 2.42. The molecular formula is C20H25Cl2N5OS. The number of nitrogens with zero attached hydrogens (tertiary/aromatic N) is 1. The number of fused-ring (bicyclic) bond motifs is 1. The highest BCUT2D eigenvalue weighted by atomic mass is 35.5. The van der Waals surface area contributed by atoms with Crippen LogP contribution in [0.4, 0.5) is 0 Å². The number of halogens is 2. The van der Waals surface area contributed by atoms with E-state index in [0.29, 0.717) is 11.7 Å². The van der Waals surface area contributed by atoms with E-state index in [0.717, 1.165) is 53.6 Å². The third-order valence-corrected chi connectivity index (χ3v) is 5.58. The maximum atomic E-state index is 7.55. The molecule has 9 heteroatoms. The molecule has 1 aliphatic heterocycles. The van der Waals surface area contributed by atoms with Crippen molar-refractivity contribution < 1.29 is 4.74 Å². The van der Waals surface area contributed by atoms with Gasteiger partial charge in [-0.1, -0.05) is 23.9 Å². The lowest BCUT2D eigenvalue weighted by Crippen LogP contribution is -2.34. The lowest BCUT2D eigenvalue weighted by atomic mass is 10.1. The number of piperidine rings is 1. The highest BCUT2D eigenvalue weighted by Gasteiger charge is 2.14. The maximum Gasteiger partial charge on any atom is 0.166 e. The van der Waals surface area contributed by atoms with Crippen LogP contribution in [-0.2, 0) is 5.75 Å². The van der Waals surface area contributed by atoms with Crippen molar-refractivity contribution in [1.29, 1.82) is 5.41 Å². The van der Waals surface area contributed by atoms with Crippen molar-refractivity contribution in [2.45, 2.75) is 29.9 Å². The number of aromatic amines is 1. The molecule has 6 nitrogen and oxygen atoms in total. The zero-order valence-electron chi connectivity index (χ0n) is 15.8. The quantitative estimate of drug-likeness (QED) is 0.255. The zero-order valence-corrected chi connectivity index (χ0v) is 18.3. The van der Waals surface area contributed by atoms with Gasteiger partial charge in [0.2, 0.25) is 0 Å². The lowest BCUT2D eigenvalue weighted by Gasteiger charge is -2.24. The van der Waals surface area contributed by atoms with Crippen LogP contribution in [0, 0.1) is 5.41 Å². The predicted molar refractivity (Wildman–Crippen MR) is 124 cm³/mol. The topological polar surface area (TPSA) is 99.8 Å². The summed E-state index contributed by atoms with van der Waals surface area (Å²) in [7, 11) is 0. The minimum absolute atomic E-state index is 0. The smallest absolute Gasteiger partial charge is 0.166 e. The summed E-state index contributed by atoms with van der Waals surface area (Å²) in [5.74, 6) is 1.81. The Kier molecular flexibility index (Phi) is 8.64. The molecular weight excluding hydrogens is 429 g/mol. The molecule has 0 aliphatic carbocycles. The normalized spacial score (nSPS) is 14.1. The number of nitrogens with one attached hydrogen (secondary N) is 3. The average molecular weight is 454 g/mol. The van der Waals surface area contributed by atoms with Gasteiger partial charge in [-0.05, 0) is 61.8 Å². The average Bonchev–Trinajstić information content (AvgIpc) is 3.09. The van der Waals surface area contributed by atoms with Crippen LogP contribution in [0.15, 0.2) is 47.6 Å². The third kappa shape index (κ3) is 6.02. The zero-order chi connectivity index (χ0) is 18.6. The lowest BCUT2D eigenvalue weighted by molar-refractivity contribution is 0.162. The molecule has 1 fully saturated rings. The molecule has 1 saturated heterocycles. The first kappa shape index (κ1) is 23.3. The van der Waals surface area contributed by atoms with Crippen molar-refractivity contribution >= 4 is 53.4 Å². The van der Waals surface area contributed by atoms with E-state index >= 15 is 0 Å². The van der Waals surface area contributed by atoms with Gasteiger partial charge in [0.25, 0.3) is 0 Å². The van der Waals surface area contributed by atoms with Crippen LogP contribution in [0.25, 0.3) is 11.0 Å². The molecule has 0 atom stereocenters. The molecule has 4 rings (SSSR count). The van der Waals surface area contributed by atoms with Crippen LogP contribution in [-0.4, -0.2) is 35.0 Å². The first-order chi connectivity index (χ1) is 13.2. The van der Waals surface area contributed by atoms with Gasteiger partial charge in [-0.3, -0.25) is 5.41 Å². The maximum absolute atomic E-state index is 7.55. The molecule has 2 heterocycles. The second-order valence-electron chi connectivity index (χ2n) is 6.69. The first-order valence-corrected chi connectivity index (χ1v) is 10.1. The number of nitrogens with two attached hydrogens (primary N) is 1. The van der Waals surface area contributed by atoms with Gasteiger partial charge < -0.3 is 20.8 Å². The van der Waals surface area contributed by atoms with E-state index < -0.39 is 0 Å². The molecule has 1 aromatic heterocycles. The predicted octanol–water partition coefficient (Wildman–Crippen LogP) is 4.11. The molecule has 0 spiro atoms. The van der Waals surface area contributed by atoms with Gasteiger partial charge in [0.1, 0.15) is 17.7 Å². The number of nitrogen functional groups attached to an aromatic ring is 1. The highest BCUT2D eigenvalue weighted by Crippen LogP contribution is 2.26. The number of ether oxygens (including phenoxy) is 1. The van der Waals surface area contributed by atoms with E-state index in [2.05, 4.69) is 27.4 Å². The summed E-state index contributed by atoms with van der Waals surface area (Å²) in [4.78, 5) is 7.90. The largest absolute Gasteiger partial charge is 0.490 e. The van der Waals surface area contributed by atoms with Gasteiger partial charge in [-0.15, -0.1) is 24.8 Å². The molecule has 156 valence electrons. The minimum atomic E-state index is 0. The van der Waals surface area contributed by atoms with Crippen molar-refractivity contribution in [1.82, 2.24) is 15.3 Å². The van der Waals surface area contributed by atoms with Crippen molar-refractivity contribution in [2.24, 2.45) is 5.73 Å². The van der Waals surface area contributed by atoms with Gasteiger partial charge in [0, 0.05) is 11.3 Å². The summed E-state index contributed by atoms with van der Waals surface area (Å²) >= 11 is 1.65. The molecule has 0 radical (unpaired) electrons. The second-order valence-corrected chi connectivity index (χ2v) is 7.65. The van der Waals surface area contributed by atoms with Crippen molar-refractivity contribution in [3.8, 4) is 5.75 Å². The molecule has 0 bridgehead atoms. The van der Waals surface area contributed by atoms with Crippen LogP contribution in [0.5, 0.6) is 5.75 Å². The number of rotatable bonds is 6. The minimum Gasteiger partial charge on any atom is -0.490 e. The van der Waals surface area contributed by atoms with Crippen LogP contribution in [0.1, 0.15) is 24.0 Å². The summed E-state index contributed by atoms with van der Waals surface area (Å²) in [5, 5.41) is 11.8. The fourth-order valence-corrected chi connectivity index (χ4v) is 4.02. The molecule has 3 aromatic rings. The summed E-state index contributed by atoms with van der Waals surface area (Å²) in [5.41, 5.74) is 9.24. The van der Waals surface area contributed by atoms with Crippen molar-refractivity contribution in [2.75, 3.05) is 13.1 Å². The molecule has 29 heavy (non-hydrogen) atoms. The Balaban J connectivity index is 0.00000150. The molecule has 0 saturated carbocycles. The van der Waals surface area contributed by atoms with Gasteiger partial charge >= 0.3 is 0 Å². The van der Waals surface area contributed by atoms with Gasteiger partial charge in [0.05, 0.1) is 11.0 Å². The van der Waals surface area contributed by atoms with Crippen LogP contribution in [0.2, 0.25) is 0 Å². The Labute approximate surface area is 186 Å². The number of H-pyrrole nitrogens is 1. The fraction of sp³-hybridized carbons (Fsp3) is 0.300. The monoisotopic (exact) mass is 453 g/mol. The number of hydrogen-bond donors (Lipinski definition) is 4. The molecule has 2 aromatic carbocycles. The number of thioether (sulfide) groups is 1. The standard InChI is InChI=1S/C20H23N5OS.2ClH/c21-19(22)14-4-5-17-18(11-14)25-20(24-17)27-12-13-2-1-3-16(10-13)26-15-6-8-23-9-7-15;;/h1-5,10-11,15,23H,6-9,12H2,(H3,21,22)(H,24,25);2*1H. The summed E-state index contributed by atoms with van der Waals surface area (Å²) in [6.45, 7) is 2.05. The Morgan fingerprint density at radius 1 is 1.17 bits per heavy atom. The van der Waals surface area contributed by atoms with Crippen LogP contribution >= 0.6 is 36.6 Å². The molecule has 0 amide bonds. The second kappa shape index (κ2) is 10.7.